The first-order valence-corrected chi connectivity index (χ1v) is 8.43. The zero-order chi connectivity index (χ0) is 19.0. The van der Waals surface area contributed by atoms with Crippen LogP contribution in [0.25, 0.3) is 27.7 Å². The van der Waals surface area contributed by atoms with E-state index in [4.69, 9.17) is 4.52 Å². The Balaban J connectivity index is 2.40. The summed E-state index contributed by atoms with van der Waals surface area (Å²) < 4.78 is 6.95. The van der Waals surface area contributed by atoms with E-state index in [1.165, 1.54) is 0 Å². The van der Waals surface area contributed by atoms with Gasteiger partial charge in [-0.25, -0.2) is 4.79 Å². The van der Waals surface area contributed by atoms with Crippen LogP contribution in [0.3, 0.4) is 0 Å². The third-order valence-electron chi connectivity index (χ3n) is 4.56. The van der Waals surface area contributed by atoms with Gasteiger partial charge in [-0.2, -0.15) is 5.10 Å². The summed E-state index contributed by atoms with van der Waals surface area (Å²) in [6.45, 7) is 7.69. The molecule has 0 radical (unpaired) electrons. The molecule has 7 nitrogen and oxygen atoms in total. The molecule has 136 valence electrons. The molecular weight excluding hydrogens is 330 g/mol. The molecule has 0 aliphatic carbocycles. The van der Waals surface area contributed by atoms with Crippen LogP contribution in [0.1, 0.15) is 30.9 Å². The van der Waals surface area contributed by atoms with Gasteiger partial charge in [-0.05, 0) is 45.4 Å². The summed E-state index contributed by atoms with van der Waals surface area (Å²) in [6.07, 6.45) is 2.00. The summed E-state index contributed by atoms with van der Waals surface area (Å²) in [4.78, 5) is 15.2. The van der Waals surface area contributed by atoms with E-state index in [2.05, 4.69) is 26.7 Å². The van der Waals surface area contributed by atoms with E-state index in [0.717, 1.165) is 50.5 Å². The Morgan fingerprint density at radius 1 is 1.38 bits per heavy atom. The van der Waals surface area contributed by atoms with E-state index in [9.17, 15) is 4.79 Å². The maximum absolute atomic E-state index is 12.2. The molecule has 0 amide bonds. The van der Waals surface area contributed by atoms with Crippen LogP contribution in [0.4, 0.5) is 0 Å². The molecule has 0 aliphatic rings. The molecule has 3 aromatic rings. The smallest absolute Gasteiger partial charge is 0.326 e. The molecule has 0 saturated heterocycles. The molecule has 2 N–H and O–H groups in total. The van der Waals surface area contributed by atoms with E-state index in [1.54, 1.807) is 18.7 Å². The molecular formula is C19H23N5O2. The Hall–Kier alpha value is -3.09. The van der Waals surface area contributed by atoms with Crippen LogP contribution < -0.4 is 11.1 Å². The number of aromatic amines is 1. The van der Waals surface area contributed by atoms with Crippen LogP contribution in [-0.4, -0.2) is 27.5 Å². The molecule has 26 heavy (non-hydrogen) atoms. The van der Waals surface area contributed by atoms with Crippen molar-refractivity contribution in [1.82, 2.24) is 20.1 Å². The van der Waals surface area contributed by atoms with Crippen LogP contribution >= 0.6 is 0 Å². The number of hydrogen-bond acceptors (Lipinski definition) is 5. The number of rotatable bonds is 4. The molecule has 0 bridgehead atoms. The van der Waals surface area contributed by atoms with Crippen molar-refractivity contribution in [2.75, 3.05) is 7.05 Å². The van der Waals surface area contributed by atoms with Gasteiger partial charge in [0, 0.05) is 30.8 Å². The minimum absolute atomic E-state index is 0.157. The average Bonchev–Trinajstić information content (AvgIpc) is 3.07. The number of H-pyrrole nitrogens is 1. The van der Waals surface area contributed by atoms with Gasteiger partial charge in [0.05, 0.1) is 22.4 Å². The maximum atomic E-state index is 12.2. The van der Waals surface area contributed by atoms with Crippen molar-refractivity contribution in [2.24, 2.45) is 12.1 Å². The lowest BCUT2D eigenvalue weighted by molar-refractivity contribution is 0.393. The summed E-state index contributed by atoms with van der Waals surface area (Å²) >= 11 is 0. The van der Waals surface area contributed by atoms with Gasteiger partial charge in [0.1, 0.15) is 5.76 Å². The van der Waals surface area contributed by atoms with Crippen LogP contribution in [0.5, 0.6) is 0 Å². The van der Waals surface area contributed by atoms with Gasteiger partial charge in [-0.1, -0.05) is 11.2 Å². The monoisotopic (exact) mass is 353 g/mol. The van der Waals surface area contributed by atoms with Crippen LogP contribution in [0.15, 0.2) is 32.6 Å². The van der Waals surface area contributed by atoms with Gasteiger partial charge in [0.2, 0.25) is 0 Å². The van der Waals surface area contributed by atoms with E-state index in [-0.39, 0.29) is 5.69 Å². The number of benzene rings is 1. The molecule has 0 aliphatic heterocycles. The lowest BCUT2D eigenvalue weighted by atomic mass is 9.94. The molecule has 0 spiro atoms. The minimum Gasteiger partial charge on any atom is -0.361 e. The summed E-state index contributed by atoms with van der Waals surface area (Å²) in [7, 11) is 3.52. The number of nitrogens with zero attached hydrogens (tertiary/aromatic N) is 3. The number of aromatic nitrogens is 3. The normalized spacial score (nSPS) is 12.8. The van der Waals surface area contributed by atoms with Crippen molar-refractivity contribution < 1.29 is 4.52 Å². The highest BCUT2D eigenvalue weighted by atomic mass is 16.5. The summed E-state index contributed by atoms with van der Waals surface area (Å²) in [6, 6.07) is 4.02. The summed E-state index contributed by atoms with van der Waals surface area (Å²) in [5.41, 5.74) is 9.69. The first-order valence-electron chi connectivity index (χ1n) is 8.43. The number of hydrazone groups is 1. The summed E-state index contributed by atoms with van der Waals surface area (Å²) in [5.74, 6) is 0.744. The fraction of sp³-hybridized carbons (Fsp3) is 0.316. The van der Waals surface area contributed by atoms with Crippen LogP contribution in [0.2, 0.25) is 0 Å². The predicted molar refractivity (Wildman–Crippen MR) is 104 cm³/mol. The van der Waals surface area contributed by atoms with Gasteiger partial charge in [0.25, 0.3) is 0 Å². The van der Waals surface area contributed by atoms with E-state index < -0.39 is 0 Å². The highest BCUT2D eigenvalue weighted by Crippen LogP contribution is 2.34. The quantitative estimate of drug-likeness (QED) is 0.557. The molecule has 0 saturated carbocycles. The zero-order valence-electron chi connectivity index (χ0n) is 15.9. The molecule has 2 heterocycles. The number of allylic oxidation sites excluding steroid dienone is 2. The molecule has 3 rings (SSSR count). The third kappa shape index (κ3) is 2.75. The number of nitrogens with one attached hydrogen (secondary N) is 2. The second-order valence-corrected chi connectivity index (χ2v) is 6.23. The SMILES string of the molecule is C/C=C(\C(C)=N/NC)c1cc(-c2c(C)noc2C)cc2[nH]c(=O)n(C)c12. The number of imidazole rings is 1. The lowest BCUT2D eigenvalue weighted by Crippen LogP contribution is -2.13. The topological polar surface area (TPSA) is 88.2 Å². The standard InChI is InChI=1S/C19H23N5O2/c1-7-14(10(2)22-20-5)15-8-13(17-11(3)23-26-12(17)4)9-16-18(15)24(6)19(25)21-16/h7-9,20H,1-6H3,(H,21,25)/b14-7+,22-10-. The Morgan fingerprint density at radius 2 is 2.12 bits per heavy atom. The van der Waals surface area contributed by atoms with E-state index in [1.807, 2.05) is 39.8 Å². The van der Waals surface area contributed by atoms with E-state index in [0.29, 0.717) is 0 Å². The minimum atomic E-state index is -0.157. The Kier molecular flexibility index (Phi) is 4.54. The molecule has 0 atom stereocenters. The van der Waals surface area contributed by atoms with Crippen molar-refractivity contribution in [1.29, 1.82) is 0 Å². The van der Waals surface area contributed by atoms with Crippen LogP contribution in [-0.2, 0) is 7.05 Å². The van der Waals surface area contributed by atoms with Gasteiger partial charge in [-0.15, -0.1) is 0 Å². The van der Waals surface area contributed by atoms with E-state index >= 15 is 0 Å². The van der Waals surface area contributed by atoms with Crippen molar-refractivity contribution >= 4 is 22.3 Å². The Morgan fingerprint density at radius 3 is 2.69 bits per heavy atom. The number of aryl methyl sites for hydroxylation is 3. The average molecular weight is 353 g/mol. The number of hydrogen-bond donors (Lipinski definition) is 2. The molecule has 0 fully saturated rings. The van der Waals surface area contributed by atoms with Crippen molar-refractivity contribution in [3.8, 4) is 11.1 Å². The second kappa shape index (κ2) is 6.67. The van der Waals surface area contributed by atoms with Crippen LogP contribution in [0, 0.1) is 13.8 Å². The molecule has 7 heteroatoms. The highest BCUT2D eigenvalue weighted by molar-refractivity contribution is 6.25. The predicted octanol–water partition coefficient (Wildman–Crippen LogP) is 3.14. The lowest BCUT2D eigenvalue weighted by Gasteiger charge is -2.12. The largest absolute Gasteiger partial charge is 0.361 e. The van der Waals surface area contributed by atoms with Crippen molar-refractivity contribution in [2.45, 2.75) is 27.7 Å². The third-order valence-corrected chi connectivity index (χ3v) is 4.56. The van der Waals surface area contributed by atoms with Crippen molar-refractivity contribution in [3.05, 3.63) is 45.7 Å². The highest BCUT2D eigenvalue weighted by Gasteiger charge is 2.19. The van der Waals surface area contributed by atoms with Gasteiger partial charge in [-0.3, -0.25) is 4.57 Å². The summed E-state index contributed by atoms with van der Waals surface area (Å²) in [5, 5.41) is 8.37. The Bertz CT molecular complexity index is 1080. The van der Waals surface area contributed by atoms with Gasteiger partial charge >= 0.3 is 5.69 Å². The molecule has 1 aromatic carbocycles. The fourth-order valence-electron chi connectivity index (χ4n) is 3.42. The number of fused-ring (bicyclic) bond motifs is 1. The maximum Gasteiger partial charge on any atom is 0.326 e. The zero-order valence-corrected chi connectivity index (χ0v) is 15.9. The molecule has 0 unspecified atom stereocenters. The Labute approximate surface area is 151 Å². The second-order valence-electron chi connectivity index (χ2n) is 6.23. The molecule has 2 aromatic heterocycles. The van der Waals surface area contributed by atoms with Gasteiger partial charge in [0.15, 0.2) is 0 Å². The first kappa shape index (κ1) is 17.7. The fourth-order valence-corrected chi connectivity index (χ4v) is 3.42. The van der Waals surface area contributed by atoms with Crippen molar-refractivity contribution in [3.63, 3.8) is 0 Å². The first-order chi connectivity index (χ1) is 12.4. The van der Waals surface area contributed by atoms with Gasteiger partial charge < -0.3 is 14.9 Å².